The van der Waals surface area contributed by atoms with E-state index >= 15 is 0 Å². The number of carbonyl (C=O) groups excluding carboxylic acids is 1. The molecule has 158 valence electrons. The number of H-pyrrole nitrogens is 1. The van der Waals surface area contributed by atoms with Crippen molar-refractivity contribution in [1.82, 2.24) is 10.3 Å². The molecule has 4 rings (SSSR count). The first-order valence-corrected chi connectivity index (χ1v) is 11.6. The van der Waals surface area contributed by atoms with E-state index in [0.717, 1.165) is 39.1 Å². The molecule has 0 aliphatic rings. The van der Waals surface area contributed by atoms with Gasteiger partial charge in [-0.1, -0.05) is 65.8 Å². The number of carbonyl (C=O) groups is 1. The fraction of sp³-hybridized carbons (Fsp3) is 0.192. The number of aromatic nitrogens is 1. The Kier molecular flexibility index (Phi) is 6.69. The van der Waals surface area contributed by atoms with Crippen LogP contribution in [0.5, 0.6) is 0 Å². The molecule has 0 aliphatic carbocycles. The second-order valence-corrected chi connectivity index (χ2v) is 9.35. The molecule has 1 heterocycles. The van der Waals surface area contributed by atoms with E-state index in [1.807, 2.05) is 42.5 Å². The van der Waals surface area contributed by atoms with Gasteiger partial charge in [0.25, 0.3) is 5.91 Å². The van der Waals surface area contributed by atoms with Crippen molar-refractivity contribution >= 4 is 40.2 Å². The predicted octanol–water partition coefficient (Wildman–Crippen LogP) is 7.03. The quantitative estimate of drug-likeness (QED) is 0.318. The first-order chi connectivity index (χ1) is 15.0. The highest BCUT2D eigenvalue weighted by molar-refractivity contribution is 7.99. The van der Waals surface area contributed by atoms with Gasteiger partial charge in [0.2, 0.25) is 0 Å². The molecular weight excluding hydrogens is 424 g/mol. The van der Waals surface area contributed by atoms with Crippen molar-refractivity contribution in [3.63, 3.8) is 0 Å². The van der Waals surface area contributed by atoms with Crippen molar-refractivity contribution in [2.45, 2.75) is 42.5 Å². The molecule has 2 N–H and O–H groups in total. The summed E-state index contributed by atoms with van der Waals surface area (Å²) in [7, 11) is 0. The minimum atomic E-state index is -0.0779. The Morgan fingerprint density at radius 2 is 1.81 bits per heavy atom. The van der Waals surface area contributed by atoms with Crippen molar-refractivity contribution in [3.8, 4) is 0 Å². The largest absolute Gasteiger partial charge is 0.350 e. The highest BCUT2D eigenvalue weighted by Crippen LogP contribution is 2.37. The predicted molar refractivity (Wildman–Crippen MR) is 130 cm³/mol. The van der Waals surface area contributed by atoms with Crippen molar-refractivity contribution in [2.24, 2.45) is 0 Å². The maximum atomic E-state index is 13.2. The standard InChI is InChI=1S/C26H25ClN2OS/c1-17-8-15-22-23(16-17)29-24(25(22)31-21-13-11-20(27)12-14-21)26(30)28-18(2)9-10-19-6-4-3-5-7-19/h3-8,11-16,18,29H,9-10H2,1-2H3,(H,28,30)/t18-/m0/s1. The summed E-state index contributed by atoms with van der Waals surface area (Å²) in [6, 6.07) is 24.3. The lowest BCUT2D eigenvalue weighted by molar-refractivity contribution is 0.0931. The molecule has 31 heavy (non-hydrogen) atoms. The van der Waals surface area contributed by atoms with Gasteiger partial charge in [-0.3, -0.25) is 4.79 Å². The van der Waals surface area contributed by atoms with Gasteiger partial charge in [-0.15, -0.1) is 0 Å². The van der Waals surface area contributed by atoms with Crippen LogP contribution in [0.2, 0.25) is 5.02 Å². The van der Waals surface area contributed by atoms with E-state index in [1.165, 1.54) is 5.56 Å². The smallest absolute Gasteiger partial charge is 0.269 e. The fourth-order valence-electron chi connectivity index (χ4n) is 3.57. The van der Waals surface area contributed by atoms with Gasteiger partial charge in [-0.2, -0.15) is 0 Å². The molecule has 5 heteroatoms. The van der Waals surface area contributed by atoms with E-state index in [-0.39, 0.29) is 11.9 Å². The number of benzene rings is 3. The number of aromatic amines is 1. The van der Waals surface area contributed by atoms with E-state index in [0.29, 0.717) is 10.7 Å². The minimum Gasteiger partial charge on any atom is -0.350 e. The highest BCUT2D eigenvalue weighted by atomic mass is 35.5. The Balaban J connectivity index is 1.56. The van der Waals surface area contributed by atoms with Crippen molar-refractivity contribution < 1.29 is 4.79 Å². The lowest BCUT2D eigenvalue weighted by Gasteiger charge is -2.14. The van der Waals surface area contributed by atoms with E-state index in [9.17, 15) is 4.79 Å². The zero-order chi connectivity index (χ0) is 21.8. The van der Waals surface area contributed by atoms with Gasteiger partial charge in [-0.25, -0.2) is 0 Å². The molecule has 0 aliphatic heterocycles. The van der Waals surface area contributed by atoms with E-state index < -0.39 is 0 Å². The number of nitrogens with one attached hydrogen (secondary N) is 2. The Hall–Kier alpha value is -2.69. The zero-order valence-corrected chi connectivity index (χ0v) is 19.2. The molecular formula is C26H25ClN2OS. The van der Waals surface area contributed by atoms with Gasteiger partial charge in [0, 0.05) is 26.9 Å². The maximum Gasteiger partial charge on any atom is 0.269 e. The lowest BCUT2D eigenvalue weighted by atomic mass is 10.1. The van der Waals surface area contributed by atoms with Crippen LogP contribution in [0.4, 0.5) is 0 Å². The fourth-order valence-corrected chi connectivity index (χ4v) is 4.74. The number of aryl methyl sites for hydroxylation is 2. The second kappa shape index (κ2) is 9.63. The summed E-state index contributed by atoms with van der Waals surface area (Å²) in [4.78, 5) is 18.5. The number of halogens is 1. The number of fused-ring (bicyclic) bond motifs is 1. The van der Waals surface area contributed by atoms with Gasteiger partial charge in [0.1, 0.15) is 5.69 Å². The summed E-state index contributed by atoms with van der Waals surface area (Å²) < 4.78 is 0. The third kappa shape index (κ3) is 5.33. The molecule has 0 saturated heterocycles. The molecule has 1 atom stereocenters. The van der Waals surface area contributed by atoms with Crippen molar-refractivity contribution in [3.05, 3.63) is 94.6 Å². The van der Waals surface area contributed by atoms with Crippen LogP contribution < -0.4 is 5.32 Å². The zero-order valence-electron chi connectivity index (χ0n) is 17.6. The average Bonchev–Trinajstić information content (AvgIpc) is 3.12. The van der Waals surface area contributed by atoms with Gasteiger partial charge in [0.05, 0.1) is 4.90 Å². The van der Waals surface area contributed by atoms with Crippen LogP contribution in [0.25, 0.3) is 10.9 Å². The summed E-state index contributed by atoms with van der Waals surface area (Å²) in [5.41, 5.74) is 4.01. The van der Waals surface area contributed by atoms with Gasteiger partial charge < -0.3 is 10.3 Å². The highest BCUT2D eigenvalue weighted by Gasteiger charge is 2.20. The maximum absolute atomic E-state index is 13.2. The number of hydrogen-bond donors (Lipinski definition) is 2. The molecule has 3 aromatic carbocycles. The molecule has 1 amide bonds. The van der Waals surface area contributed by atoms with E-state index in [2.05, 4.69) is 54.5 Å². The van der Waals surface area contributed by atoms with E-state index in [4.69, 9.17) is 11.6 Å². The minimum absolute atomic E-state index is 0.0641. The SMILES string of the molecule is Cc1ccc2c(Sc3ccc(Cl)cc3)c(C(=O)N[C@@H](C)CCc3ccccc3)[nH]c2c1. The molecule has 0 spiro atoms. The Labute approximate surface area is 192 Å². The molecule has 3 nitrogen and oxygen atoms in total. The molecule has 0 unspecified atom stereocenters. The molecule has 0 fully saturated rings. The third-order valence-corrected chi connectivity index (χ3v) is 6.64. The normalized spacial score (nSPS) is 12.1. The number of rotatable bonds is 7. The summed E-state index contributed by atoms with van der Waals surface area (Å²) >= 11 is 7.62. The molecule has 0 saturated carbocycles. The van der Waals surface area contributed by atoms with Crippen LogP contribution in [-0.4, -0.2) is 16.9 Å². The molecule has 0 radical (unpaired) electrons. The van der Waals surface area contributed by atoms with Crippen LogP contribution in [-0.2, 0) is 6.42 Å². The second-order valence-electron chi connectivity index (χ2n) is 7.83. The number of hydrogen-bond acceptors (Lipinski definition) is 2. The Bertz CT molecular complexity index is 1190. The topological polar surface area (TPSA) is 44.9 Å². The Morgan fingerprint density at radius 1 is 1.06 bits per heavy atom. The lowest BCUT2D eigenvalue weighted by Crippen LogP contribution is -2.33. The first-order valence-electron chi connectivity index (χ1n) is 10.4. The van der Waals surface area contributed by atoms with E-state index in [1.54, 1.807) is 11.8 Å². The van der Waals surface area contributed by atoms with Crippen LogP contribution in [0.3, 0.4) is 0 Å². The van der Waals surface area contributed by atoms with Crippen LogP contribution in [0.15, 0.2) is 82.6 Å². The van der Waals surface area contributed by atoms with Crippen LogP contribution in [0, 0.1) is 6.92 Å². The summed E-state index contributed by atoms with van der Waals surface area (Å²) in [5, 5.41) is 4.92. The summed E-state index contributed by atoms with van der Waals surface area (Å²) in [6.07, 6.45) is 1.81. The average molecular weight is 449 g/mol. The third-order valence-electron chi connectivity index (χ3n) is 5.25. The van der Waals surface area contributed by atoms with Crippen molar-refractivity contribution in [2.75, 3.05) is 0 Å². The summed E-state index contributed by atoms with van der Waals surface area (Å²) in [5.74, 6) is -0.0779. The monoisotopic (exact) mass is 448 g/mol. The van der Waals surface area contributed by atoms with Gasteiger partial charge in [-0.05, 0) is 68.1 Å². The van der Waals surface area contributed by atoms with Gasteiger partial charge in [0.15, 0.2) is 0 Å². The molecule has 0 bridgehead atoms. The van der Waals surface area contributed by atoms with Crippen LogP contribution in [0.1, 0.15) is 35.0 Å². The van der Waals surface area contributed by atoms with Gasteiger partial charge >= 0.3 is 0 Å². The first kappa shape index (κ1) is 21.5. The van der Waals surface area contributed by atoms with Crippen molar-refractivity contribution in [1.29, 1.82) is 0 Å². The summed E-state index contributed by atoms with van der Waals surface area (Å²) in [6.45, 7) is 4.11. The number of amides is 1. The Morgan fingerprint density at radius 3 is 2.55 bits per heavy atom. The molecule has 4 aromatic rings. The molecule has 1 aromatic heterocycles. The van der Waals surface area contributed by atoms with Crippen LogP contribution >= 0.6 is 23.4 Å².